The van der Waals surface area contributed by atoms with Gasteiger partial charge in [-0.15, -0.1) is 11.3 Å². The molecule has 0 radical (unpaired) electrons. The molecule has 0 unspecified atom stereocenters. The maximum Gasteiger partial charge on any atom is 0.0680 e. The molecule has 0 spiro atoms. The summed E-state index contributed by atoms with van der Waals surface area (Å²) in [6, 6.07) is 5.21. The second kappa shape index (κ2) is 4.27. The first-order chi connectivity index (χ1) is 8.22. The Morgan fingerprint density at radius 3 is 2.94 bits per heavy atom. The summed E-state index contributed by atoms with van der Waals surface area (Å²) in [4.78, 5) is 2.73. The number of nitrogens with one attached hydrogen (secondary N) is 1. The highest BCUT2D eigenvalue weighted by Gasteiger charge is 2.20. The van der Waals surface area contributed by atoms with Crippen LogP contribution in [0.2, 0.25) is 0 Å². The zero-order chi connectivity index (χ0) is 11.8. The quantitative estimate of drug-likeness (QED) is 0.900. The first-order valence-electron chi connectivity index (χ1n) is 6.05. The third kappa shape index (κ3) is 2.42. The fraction of sp³-hybridized carbons (Fsp3) is 0.462. The smallest absolute Gasteiger partial charge is 0.0680 e. The zero-order valence-corrected chi connectivity index (χ0v) is 11.0. The molecular weight excluding hydrogens is 230 g/mol. The minimum absolute atomic E-state index is 0.778. The monoisotopic (exact) mass is 247 g/mol. The standard InChI is InChI=1S/C13H17N3S/c1-9-12(8-16(2)15-9)13-6-5-11(17-13)7-14-10-3-4-10/h5-6,8,10,14H,3-4,7H2,1-2H3. The van der Waals surface area contributed by atoms with E-state index in [1.807, 2.05) is 23.1 Å². The predicted molar refractivity (Wildman–Crippen MR) is 71.1 cm³/mol. The van der Waals surface area contributed by atoms with Gasteiger partial charge in [-0.1, -0.05) is 0 Å². The van der Waals surface area contributed by atoms with E-state index in [-0.39, 0.29) is 0 Å². The van der Waals surface area contributed by atoms with Crippen molar-refractivity contribution in [3.8, 4) is 10.4 Å². The number of aromatic nitrogens is 2. The first-order valence-corrected chi connectivity index (χ1v) is 6.87. The SMILES string of the molecule is Cc1nn(C)cc1-c1ccc(CNC2CC2)s1. The van der Waals surface area contributed by atoms with E-state index in [1.54, 1.807) is 0 Å². The van der Waals surface area contributed by atoms with Crippen molar-refractivity contribution >= 4 is 11.3 Å². The number of thiophene rings is 1. The highest BCUT2D eigenvalue weighted by Crippen LogP contribution is 2.30. The Morgan fingerprint density at radius 1 is 1.47 bits per heavy atom. The van der Waals surface area contributed by atoms with Gasteiger partial charge < -0.3 is 5.32 Å². The molecule has 0 atom stereocenters. The van der Waals surface area contributed by atoms with Crippen LogP contribution in [0.1, 0.15) is 23.4 Å². The van der Waals surface area contributed by atoms with Crippen LogP contribution in [0.4, 0.5) is 0 Å². The normalized spacial score (nSPS) is 15.4. The summed E-state index contributed by atoms with van der Waals surface area (Å²) in [5.41, 5.74) is 2.37. The molecule has 17 heavy (non-hydrogen) atoms. The topological polar surface area (TPSA) is 29.9 Å². The minimum Gasteiger partial charge on any atom is -0.309 e. The molecule has 1 N–H and O–H groups in total. The van der Waals surface area contributed by atoms with Gasteiger partial charge in [-0.25, -0.2) is 0 Å². The van der Waals surface area contributed by atoms with E-state index >= 15 is 0 Å². The van der Waals surface area contributed by atoms with Crippen molar-refractivity contribution < 1.29 is 0 Å². The molecule has 0 aromatic carbocycles. The summed E-state index contributed by atoms with van der Waals surface area (Å²) >= 11 is 1.87. The van der Waals surface area contributed by atoms with Crippen LogP contribution in [0.3, 0.4) is 0 Å². The number of aryl methyl sites for hydroxylation is 2. The Hall–Kier alpha value is -1.13. The molecule has 1 fully saturated rings. The molecule has 90 valence electrons. The van der Waals surface area contributed by atoms with Gasteiger partial charge in [0.15, 0.2) is 0 Å². The third-order valence-corrected chi connectivity index (χ3v) is 4.20. The molecule has 2 heterocycles. The van der Waals surface area contributed by atoms with Crippen molar-refractivity contribution in [1.29, 1.82) is 0 Å². The number of hydrogen-bond acceptors (Lipinski definition) is 3. The lowest BCUT2D eigenvalue weighted by atomic mass is 10.2. The first kappa shape index (κ1) is 11.0. The largest absolute Gasteiger partial charge is 0.309 e. The van der Waals surface area contributed by atoms with Crippen LogP contribution in [0.25, 0.3) is 10.4 Å². The molecule has 2 aromatic rings. The van der Waals surface area contributed by atoms with Crippen LogP contribution in [0, 0.1) is 6.92 Å². The van der Waals surface area contributed by atoms with Gasteiger partial charge in [-0.3, -0.25) is 4.68 Å². The maximum absolute atomic E-state index is 4.39. The van der Waals surface area contributed by atoms with Gasteiger partial charge in [-0.2, -0.15) is 5.10 Å². The van der Waals surface area contributed by atoms with Gasteiger partial charge in [0.2, 0.25) is 0 Å². The van der Waals surface area contributed by atoms with Crippen LogP contribution < -0.4 is 5.32 Å². The van der Waals surface area contributed by atoms with Crippen LogP contribution >= 0.6 is 11.3 Å². The lowest BCUT2D eigenvalue weighted by Crippen LogP contribution is -2.14. The summed E-state index contributed by atoms with van der Waals surface area (Å²) in [5.74, 6) is 0. The van der Waals surface area contributed by atoms with Crippen LogP contribution in [0.15, 0.2) is 18.3 Å². The molecule has 0 bridgehead atoms. The van der Waals surface area contributed by atoms with Crippen molar-refractivity contribution in [2.24, 2.45) is 7.05 Å². The van der Waals surface area contributed by atoms with E-state index < -0.39 is 0 Å². The Bertz CT molecular complexity index is 523. The van der Waals surface area contributed by atoms with E-state index in [2.05, 4.69) is 35.7 Å². The molecule has 4 heteroatoms. The summed E-state index contributed by atoms with van der Waals surface area (Å²) < 4.78 is 1.88. The Balaban J connectivity index is 1.76. The van der Waals surface area contributed by atoms with Crippen molar-refractivity contribution in [3.63, 3.8) is 0 Å². The second-order valence-electron chi connectivity index (χ2n) is 4.72. The van der Waals surface area contributed by atoms with Gasteiger partial charge in [0.1, 0.15) is 0 Å². The van der Waals surface area contributed by atoms with E-state index in [9.17, 15) is 0 Å². The summed E-state index contributed by atoms with van der Waals surface area (Å²) in [6.07, 6.45) is 4.79. The van der Waals surface area contributed by atoms with Crippen LogP contribution in [-0.4, -0.2) is 15.8 Å². The van der Waals surface area contributed by atoms with Gasteiger partial charge in [0.05, 0.1) is 5.69 Å². The molecule has 3 rings (SSSR count). The number of hydrogen-bond donors (Lipinski definition) is 1. The maximum atomic E-state index is 4.39. The van der Waals surface area contributed by atoms with E-state index in [0.29, 0.717) is 0 Å². The van der Waals surface area contributed by atoms with Crippen molar-refractivity contribution in [2.45, 2.75) is 32.4 Å². The van der Waals surface area contributed by atoms with E-state index in [1.165, 1.54) is 28.2 Å². The molecular formula is C13H17N3S. The van der Waals surface area contributed by atoms with Crippen molar-refractivity contribution in [2.75, 3.05) is 0 Å². The Morgan fingerprint density at radius 2 is 2.29 bits per heavy atom. The molecule has 3 nitrogen and oxygen atoms in total. The molecule has 0 saturated heterocycles. The van der Waals surface area contributed by atoms with Crippen LogP contribution in [-0.2, 0) is 13.6 Å². The fourth-order valence-corrected chi connectivity index (χ4v) is 3.01. The lowest BCUT2D eigenvalue weighted by molar-refractivity contribution is 0.695. The Kier molecular flexibility index (Phi) is 2.76. The lowest BCUT2D eigenvalue weighted by Gasteiger charge is -1.98. The van der Waals surface area contributed by atoms with Crippen molar-refractivity contribution in [3.05, 3.63) is 28.9 Å². The minimum atomic E-state index is 0.778. The van der Waals surface area contributed by atoms with Gasteiger partial charge in [0.25, 0.3) is 0 Å². The van der Waals surface area contributed by atoms with Crippen molar-refractivity contribution in [1.82, 2.24) is 15.1 Å². The fourth-order valence-electron chi connectivity index (χ4n) is 1.99. The van der Waals surface area contributed by atoms with E-state index in [4.69, 9.17) is 0 Å². The second-order valence-corrected chi connectivity index (χ2v) is 5.89. The molecule has 2 aromatic heterocycles. The zero-order valence-electron chi connectivity index (χ0n) is 10.2. The average Bonchev–Trinajstić information content (AvgIpc) is 2.90. The summed E-state index contributed by atoms with van der Waals surface area (Å²) in [6.45, 7) is 3.08. The van der Waals surface area contributed by atoms with Gasteiger partial charge in [0, 0.05) is 41.1 Å². The predicted octanol–water partition coefficient (Wildman–Crippen LogP) is 2.71. The van der Waals surface area contributed by atoms with Gasteiger partial charge in [-0.05, 0) is 31.9 Å². The van der Waals surface area contributed by atoms with E-state index in [0.717, 1.165) is 18.3 Å². The molecule has 1 aliphatic rings. The molecule has 0 aliphatic heterocycles. The highest BCUT2D eigenvalue weighted by atomic mass is 32.1. The molecule has 1 aliphatic carbocycles. The summed E-state index contributed by atoms with van der Waals surface area (Å²) in [5, 5.41) is 7.94. The highest BCUT2D eigenvalue weighted by molar-refractivity contribution is 7.15. The third-order valence-electron chi connectivity index (χ3n) is 3.08. The molecule has 1 saturated carbocycles. The number of nitrogens with zero attached hydrogens (tertiary/aromatic N) is 2. The summed E-state index contributed by atoms with van der Waals surface area (Å²) in [7, 11) is 1.97. The molecule has 0 amide bonds. The average molecular weight is 247 g/mol. The number of rotatable bonds is 4. The Labute approximate surface area is 105 Å². The van der Waals surface area contributed by atoms with Crippen LogP contribution in [0.5, 0.6) is 0 Å². The van der Waals surface area contributed by atoms with Gasteiger partial charge >= 0.3 is 0 Å².